The van der Waals surface area contributed by atoms with Crippen molar-refractivity contribution >= 4 is 31.8 Å². The van der Waals surface area contributed by atoms with Gasteiger partial charge in [-0.05, 0) is 30.9 Å². The van der Waals surface area contributed by atoms with E-state index in [4.69, 9.17) is 0 Å². The Bertz CT molecular complexity index is 888. The van der Waals surface area contributed by atoms with Crippen molar-refractivity contribution in [3.8, 4) is 0 Å². The molecule has 0 bridgehead atoms. The zero-order valence-corrected chi connectivity index (χ0v) is 18.3. The average Bonchev–Trinajstić information content (AvgIpc) is 2.92. The monoisotopic (exact) mass is 442 g/mol. The minimum absolute atomic E-state index is 0.00454. The highest BCUT2D eigenvalue weighted by molar-refractivity contribution is 7.92. The molecule has 1 fully saturated rings. The predicted octanol–water partition coefficient (Wildman–Crippen LogP) is 2.22. The summed E-state index contributed by atoms with van der Waals surface area (Å²) in [5.74, 6) is -0.752. The van der Waals surface area contributed by atoms with Gasteiger partial charge in [0.2, 0.25) is 15.9 Å². The summed E-state index contributed by atoms with van der Waals surface area (Å²) in [7, 11) is -7.26. The van der Waals surface area contributed by atoms with Crippen LogP contribution in [0.5, 0.6) is 0 Å². The molecule has 1 aromatic carbocycles. The van der Waals surface area contributed by atoms with Crippen molar-refractivity contribution in [2.45, 2.75) is 57.0 Å². The number of nitrogens with one attached hydrogen (secondary N) is 2. The van der Waals surface area contributed by atoms with Gasteiger partial charge in [0.25, 0.3) is 0 Å². The first kappa shape index (κ1) is 23.6. The minimum atomic E-state index is -3.93. The molecule has 0 heterocycles. The van der Waals surface area contributed by atoms with E-state index in [1.54, 1.807) is 24.3 Å². The first-order chi connectivity index (χ1) is 13.6. The van der Waals surface area contributed by atoms with E-state index >= 15 is 0 Å². The average molecular weight is 443 g/mol. The molecule has 0 radical (unpaired) electrons. The highest BCUT2D eigenvalue weighted by Gasteiger charge is 2.26. The van der Waals surface area contributed by atoms with Crippen LogP contribution in [0.2, 0.25) is 0 Å². The molecule has 9 heteroatoms. The molecule has 162 valence electrons. The molecular formula is C20H30N2O5S2. The summed E-state index contributed by atoms with van der Waals surface area (Å²) in [6.07, 6.45) is 8.37. The summed E-state index contributed by atoms with van der Waals surface area (Å²) in [5.41, 5.74) is 0.702. The van der Waals surface area contributed by atoms with E-state index in [9.17, 15) is 21.6 Å². The molecule has 1 aliphatic rings. The zero-order valence-electron chi connectivity index (χ0n) is 16.7. The quantitative estimate of drug-likeness (QED) is 0.570. The van der Waals surface area contributed by atoms with Gasteiger partial charge in [-0.3, -0.25) is 4.79 Å². The summed E-state index contributed by atoms with van der Waals surface area (Å²) in [6.45, 7) is 0. The lowest BCUT2D eigenvalue weighted by Crippen LogP contribution is -2.49. The van der Waals surface area contributed by atoms with Crippen LogP contribution in [-0.4, -0.2) is 46.8 Å². The normalized spacial score (nSPS) is 17.7. The molecule has 29 heavy (non-hydrogen) atoms. The molecule has 1 aromatic rings. The molecular weight excluding hydrogens is 412 g/mol. The number of rotatable bonds is 9. The molecule has 0 aromatic heterocycles. The highest BCUT2D eigenvalue weighted by atomic mass is 32.2. The van der Waals surface area contributed by atoms with E-state index in [0.29, 0.717) is 5.56 Å². The van der Waals surface area contributed by atoms with Crippen molar-refractivity contribution < 1.29 is 21.6 Å². The van der Waals surface area contributed by atoms with Gasteiger partial charge in [0, 0.05) is 17.7 Å². The lowest BCUT2D eigenvalue weighted by atomic mass is 10.1. The summed E-state index contributed by atoms with van der Waals surface area (Å²) >= 11 is 0. The number of sulfone groups is 1. The van der Waals surface area contributed by atoms with Gasteiger partial charge in [0.15, 0.2) is 0 Å². The topological polar surface area (TPSA) is 109 Å². The minimum Gasteiger partial charge on any atom is -0.352 e. The van der Waals surface area contributed by atoms with Crippen LogP contribution >= 0.6 is 0 Å². The fourth-order valence-corrected chi connectivity index (χ4v) is 4.97. The van der Waals surface area contributed by atoms with Crippen LogP contribution in [-0.2, 0) is 24.7 Å². The van der Waals surface area contributed by atoms with Crippen molar-refractivity contribution in [1.82, 2.24) is 10.0 Å². The van der Waals surface area contributed by atoms with Crippen molar-refractivity contribution in [1.29, 1.82) is 0 Å². The number of sulfonamides is 1. The molecule has 1 amide bonds. The van der Waals surface area contributed by atoms with Gasteiger partial charge in [0.05, 0.1) is 5.75 Å². The molecule has 0 spiro atoms. The van der Waals surface area contributed by atoms with Crippen molar-refractivity contribution in [3.05, 3.63) is 41.3 Å². The van der Waals surface area contributed by atoms with Gasteiger partial charge in [0.1, 0.15) is 15.9 Å². The largest absolute Gasteiger partial charge is 0.352 e. The van der Waals surface area contributed by atoms with Crippen LogP contribution in [0.4, 0.5) is 0 Å². The second-order valence-electron chi connectivity index (χ2n) is 7.54. The van der Waals surface area contributed by atoms with Crippen molar-refractivity contribution in [3.63, 3.8) is 0 Å². The Balaban J connectivity index is 2.09. The SMILES string of the molecule is CS(=O)(=O)CCC(NS(=O)(=O)C=Cc1ccccc1)C(=O)NC1CCCCCC1. The maximum atomic E-state index is 12.7. The fourth-order valence-electron chi connectivity index (χ4n) is 3.27. The van der Waals surface area contributed by atoms with E-state index in [1.165, 1.54) is 6.08 Å². The fraction of sp³-hybridized carbons (Fsp3) is 0.550. The molecule has 1 saturated carbocycles. The molecule has 1 unspecified atom stereocenters. The van der Waals surface area contributed by atoms with Crippen LogP contribution in [0.1, 0.15) is 50.5 Å². The number of carbonyl (C=O) groups is 1. The van der Waals surface area contributed by atoms with Gasteiger partial charge in [-0.25, -0.2) is 16.8 Å². The van der Waals surface area contributed by atoms with Crippen LogP contribution in [0.3, 0.4) is 0 Å². The van der Waals surface area contributed by atoms with Gasteiger partial charge in [-0.1, -0.05) is 56.0 Å². The number of carbonyl (C=O) groups excluding carboxylic acids is 1. The molecule has 7 nitrogen and oxygen atoms in total. The van der Waals surface area contributed by atoms with E-state index in [-0.39, 0.29) is 18.2 Å². The van der Waals surface area contributed by atoms with Gasteiger partial charge in [-0.2, -0.15) is 4.72 Å². The van der Waals surface area contributed by atoms with Crippen LogP contribution in [0.15, 0.2) is 35.7 Å². The number of hydrogen-bond acceptors (Lipinski definition) is 5. The van der Waals surface area contributed by atoms with E-state index in [1.807, 2.05) is 6.07 Å². The first-order valence-corrected chi connectivity index (χ1v) is 13.5. The number of hydrogen-bond donors (Lipinski definition) is 2. The summed E-state index contributed by atoms with van der Waals surface area (Å²) < 4.78 is 50.4. The van der Waals surface area contributed by atoms with Crippen LogP contribution in [0, 0.1) is 0 Å². The molecule has 0 saturated heterocycles. The predicted molar refractivity (Wildman–Crippen MR) is 115 cm³/mol. The van der Waals surface area contributed by atoms with Crippen LogP contribution in [0.25, 0.3) is 6.08 Å². The molecule has 1 aliphatic carbocycles. The van der Waals surface area contributed by atoms with E-state index in [2.05, 4.69) is 10.0 Å². The lowest BCUT2D eigenvalue weighted by molar-refractivity contribution is -0.123. The number of benzene rings is 1. The van der Waals surface area contributed by atoms with Crippen molar-refractivity contribution in [2.75, 3.05) is 12.0 Å². The third-order valence-corrected chi connectivity index (χ3v) is 6.93. The molecule has 1 atom stereocenters. The lowest BCUT2D eigenvalue weighted by Gasteiger charge is -2.22. The second kappa shape index (κ2) is 10.9. The Kier molecular flexibility index (Phi) is 8.85. The van der Waals surface area contributed by atoms with Gasteiger partial charge >= 0.3 is 0 Å². The van der Waals surface area contributed by atoms with Crippen molar-refractivity contribution in [2.24, 2.45) is 0 Å². The highest BCUT2D eigenvalue weighted by Crippen LogP contribution is 2.17. The van der Waals surface area contributed by atoms with Gasteiger partial charge < -0.3 is 5.32 Å². The first-order valence-electron chi connectivity index (χ1n) is 9.88. The Morgan fingerprint density at radius 3 is 2.28 bits per heavy atom. The number of amides is 1. The smallest absolute Gasteiger partial charge is 0.238 e. The van der Waals surface area contributed by atoms with Gasteiger partial charge in [-0.15, -0.1) is 0 Å². The third kappa shape index (κ3) is 9.56. The molecule has 0 aliphatic heterocycles. The summed E-state index contributed by atoms with van der Waals surface area (Å²) in [6, 6.07) is 7.76. The van der Waals surface area contributed by atoms with E-state index < -0.39 is 31.8 Å². The van der Waals surface area contributed by atoms with Crippen LogP contribution < -0.4 is 10.0 Å². The standard InChI is InChI=1S/C20H30N2O5S2/c1-28(24,25)15-14-19(20(23)21-18-11-7-2-3-8-12-18)22-29(26,27)16-13-17-9-5-4-6-10-17/h4-6,9-10,13,16,18-19,22H,2-3,7-8,11-12,14-15H2,1H3,(H,21,23). The molecule has 2 rings (SSSR count). The summed E-state index contributed by atoms with van der Waals surface area (Å²) in [5, 5.41) is 3.90. The zero-order chi connectivity index (χ0) is 21.3. The molecule has 2 N–H and O–H groups in total. The van der Waals surface area contributed by atoms with E-state index in [0.717, 1.165) is 50.2 Å². The Hall–Kier alpha value is -1.71. The third-order valence-electron chi connectivity index (χ3n) is 4.84. The maximum absolute atomic E-state index is 12.7. The Morgan fingerprint density at radius 2 is 1.69 bits per heavy atom. The Labute approximate surface area is 173 Å². The Morgan fingerprint density at radius 1 is 1.07 bits per heavy atom. The second-order valence-corrected chi connectivity index (χ2v) is 11.4. The maximum Gasteiger partial charge on any atom is 0.238 e. The summed E-state index contributed by atoms with van der Waals surface area (Å²) in [4.78, 5) is 12.7.